The number of hydrogen-bond donors (Lipinski definition) is 4. The van der Waals surface area contributed by atoms with Gasteiger partial charge in [0.05, 0.1) is 0 Å². The molecule has 1 heterocycles. The van der Waals surface area contributed by atoms with Gasteiger partial charge in [-0.25, -0.2) is 9.78 Å². The molecule has 0 aliphatic rings. The third-order valence-electron chi connectivity index (χ3n) is 3.58. The fraction of sp³-hybridized carbons (Fsp3) is 0.529. The van der Waals surface area contributed by atoms with Gasteiger partial charge in [-0.05, 0) is 38.7 Å². The molecule has 0 unspecified atom stereocenters. The number of pyridine rings is 1. The molecule has 0 saturated heterocycles. The zero-order valence-electron chi connectivity index (χ0n) is 14.8. The average Bonchev–Trinajstić information content (AvgIpc) is 2.59. The van der Waals surface area contributed by atoms with Crippen LogP contribution in [0.5, 0.6) is 0 Å². The van der Waals surface area contributed by atoms with Crippen LogP contribution in [0.1, 0.15) is 49.4 Å². The lowest BCUT2D eigenvalue weighted by Crippen LogP contribution is -2.41. The number of urea groups is 1. The van der Waals surface area contributed by atoms with Crippen molar-refractivity contribution in [3.8, 4) is 0 Å². The number of rotatable bonds is 11. The van der Waals surface area contributed by atoms with Crippen LogP contribution >= 0.6 is 0 Å². The average molecular weight is 367 g/mol. The maximum atomic E-state index is 12.9. The lowest BCUT2D eigenvalue weighted by molar-refractivity contribution is -0.137. The van der Waals surface area contributed by atoms with Crippen molar-refractivity contribution in [3.63, 3.8) is 0 Å². The first-order valence-electron chi connectivity index (χ1n) is 8.54. The highest BCUT2D eigenvalue weighted by Crippen LogP contribution is 2.01. The minimum Gasteiger partial charge on any atom is -0.481 e. The Bertz CT molecular complexity index is 612. The van der Waals surface area contributed by atoms with Gasteiger partial charge in [0.15, 0.2) is 0 Å². The van der Waals surface area contributed by atoms with Gasteiger partial charge in [0, 0.05) is 43.4 Å². The second-order valence-electron chi connectivity index (χ2n) is 5.92. The predicted octanol–water partition coefficient (Wildman–Crippen LogP) is 1.67. The standard InChI is InChI=1S/C17H25FN4O4/c1-12(5-6-15(23)24)22-17(26)21-9-4-2-3-8-20-16(25)13-7-10-19-14(18)11-13/h7,10-12H,2-6,8-9H2,1H3,(H,20,25)(H,23,24)(H2,21,22,26)/t12-/m1/s1/i18-1. The van der Waals surface area contributed by atoms with Crippen LogP contribution in [0, 0.1) is 5.95 Å². The molecule has 9 heteroatoms. The van der Waals surface area contributed by atoms with Crippen molar-refractivity contribution in [2.45, 2.75) is 45.1 Å². The fourth-order valence-corrected chi connectivity index (χ4v) is 2.16. The van der Waals surface area contributed by atoms with E-state index >= 15 is 0 Å². The Kier molecular flexibility index (Phi) is 9.66. The summed E-state index contributed by atoms with van der Waals surface area (Å²) in [6, 6.07) is 1.99. The second kappa shape index (κ2) is 11.8. The summed E-state index contributed by atoms with van der Waals surface area (Å²) in [6.07, 6.45) is 3.92. The Hall–Kier alpha value is -2.71. The maximum Gasteiger partial charge on any atom is 0.314 e. The summed E-state index contributed by atoms with van der Waals surface area (Å²) in [7, 11) is 0. The largest absolute Gasteiger partial charge is 0.481 e. The summed E-state index contributed by atoms with van der Waals surface area (Å²) < 4.78 is 12.9. The number of unbranched alkanes of at least 4 members (excludes halogenated alkanes) is 2. The Balaban J connectivity index is 2.04. The number of carboxylic acid groups (broad SMARTS) is 1. The number of hydrogen-bond acceptors (Lipinski definition) is 4. The molecule has 0 bridgehead atoms. The van der Waals surface area contributed by atoms with Crippen LogP contribution < -0.4 is 16.0 Å². The quantitative estimate of drug-likeness (QED) is 0.350. The molecule has 0 aliphatic heterocycles. The Morgan fingerprint density at radius 1 is 1.19 bits per heavy atom. The lowest BCUT2D eigenvalue weighted by atomic mass is 10.2. The summed E-state index contributed by atoms with van der Waals surface area (Å²) in [5.74, 6) is -1.93. The molecule has 4 N–H and O–H groups in total. The van der Waals surface area contributed by atoms with E-state index < -0.39 is 11.9 Å². The van der Waals surface area contributed by atoms with Gasteiger partial charge in [0.25, 0.3) is 5.91 Å². The highest BCUT2D eigenvalue weighted by molar-refractivity contribution is 5.93. The van der Waals surface area contributed by atoms with E-state index in [-0.39, 0.29) is 30.0 Å². The van der Waals surface area contributed by atoms with Crippen molar-refractivity contribution >= 4 is 17.9 Å². The van der Waals surface area contributed by atoms with Gasteiger partial charge in [0.2, 0.25) is 5.95 Å². The number of aliphatic carboxylic acids is 1. The van der Waals surface area contributed by atoms with E-state index in [1.54, 1.807) is 6.92 Å². The molecule has 0 aliphatic carbocycles. The van der Waals surface area contributed by atoms with E-state index in [1.165, 1.54) is 12.3 Å². The zero-order chi connectivity index (χ0) is 19.4. The first kappa shape index (κ1) is 21.3. The molecule has 0 radical (unpaired) electrons. The van der Waals surface area contributed by atoms with Gasteiger partial charge >= 0.3 is 12.0 Å². The molecule has 26 heavy (non-hydrogen) atoms. The molecule has 0 aromatic carbocycles. The SMILES string of the molecule is C[C@H](CCC(=O)O)NC(=O)NCCCCCNC(=O)c1ccnc([18F])c1. The molecule has 1 atom stereocenters. The predicted molar refractivity (Wildman–Crippen MR) is 93.2 cm³/mol. The first-order valence-corrected chi connectivity index (χ1v) is 8.54. The normalized spacial score (nSPS) is 11.5. The molecule has 1 aromatic heterocycles. The van der Waals surface area contributed by atoms with Crippen molar-refractivity contribution in [1.29, 1.82) is 0 Å². The van der Waals surface area contributed by atoms with Crippen LogP contribution in [0.25, 0.3) is 0 Å². The number of halogens is 1. The summed E-state index contributed by atoms with van der Waals surface area (Å²) >= 11 is 0. The molecule has 0 spiro atoms. The second-order valence-corrected chi connectivity index (χ2v) is 5.92. The van der Waals surface area contributed by atoms with E-state index in [4.69, 9.17) is 5.11 Å². The molecule has 0 saturated carbocycles. The summed E-state index contributed by atoms with van der Waals surface area (Å²) in [4.78, 5) is 37.2. The topological polar surface area (TPSA) is 120 Å². The van der Waals surface area contributed by atoms with E-state index in [1.807, 2.05) is 0 Å². The van der Waals surface area contributed by atoms with Crippen LogP contribution in [0.15, 0.2) is 18.3 Å². The third kappa shape index (κ3) is 9.55. The van der Waals surface area contributed by atoms with Crippen molar-refractivity contribution < 1.29 is 23.9 Å². The highest BCUT2D eigenvalue weighted by Gasteiger charge is 2.08. The highest BCUT2D eigenvalue weighted by atomic mass is 18.2. The third-order valence-corrected chi connectivity index (χ3v) is 3.58. The first-order chi connectivity index (χ1) is 12.4. The van der Waals surface area contributed by atoms with Gasteiger partial charge in [-0.1, -0.05) is 0 Å². The summed E-state index contributed by atoms with van der Waals surface area (Å²) in [5, 5.41) is 16.6. The smallest absolute Gasteiger partial charge is 0.314 e. The van der Waals surface area contributed by atoms with E-state index in [2.05, 4.69) is 20.9 Å². The molecule has 0 fully saturated rings. The van der Waals surface area contributed by atoms with E-state index in [0.29, 0.717) is 19.5 Å². The van der Waals surface area contributed by atoms with Crippen molar-refractivity contribution in [2.24, 2.45) is 0 Å². The lowest BCUT2D eigenvalue weighted by Gasteiger charge is -2.13. The van der Waals surface area contributed by atoms with Gasteiger partial charge < -0.3 is 21.1 Å². The van der Waals surface area contributed by atoms with Crippen LogP contribution in [-0.4, -0.2) is 47.1 Å². The minimum absolute atomic E-state index is 0.0132. The fourth-order valence-electron chi connectivity index (χ4n) is 2.16. The molecule has 1 aromatic rings. The van der Waals surface area contributed by atoms with Gasteiger partial charge in [-0.15, -0.1) is 0 Å². The minimum atomic E-state index is -0.889. The van der Waals surface area contributed by atoms with Crippen LogP contribution in [0.4, 0.5) is 9.18 Å². The van der Waals surface area contributed by atoms with Gasteiger partial charge in [0.1, 0.15) is 0 Å². The van der Waals surface area contributed by atoms with Gasteiger partial charge in [-0.3, -0.25) is 9.59 Å². The number of carbonyl (C=O) groups excluding carboxylic acids is 2. The maximum absolute atomic E-state index is 12.9. The number of carboxylic acids is 1. The molecule has 3 amide bonds. The number of nitrogens with zero attached hydrogens (tertiary/aromatic N) is 1. The molecular formula is C17H25FN4O4. The van der Waals surface area contributed by atoms with Crippen molar-refractivity contribution in [3.05, 3.63) is 29.8 Å². The summed E-state index contributed by atoms with van der Waals surface area (Å²) in [5.41, 5.74) is 0.229. The van der Waals surface area contributed by atoms with Crippen LogP contribution in [-0.2, 0) is 4.79 Å². The Morgan fingerprint density at radius 2 is 1.88 bits per heavy atom. The molecular weight excluding hydrogens is 342 g/mol. The molecule has 1 rings (SSSR count). The monoisotopic (exact) mass is 367 g/mol. The Morgan fingerprint density at radius 3 is 2.54 bits per heavy atom. The van der Waals surface area contributed by atoms with E-state index in [9.17, 15) is 18.8 Å². The van der Waals surface area contributed by atoms with Crippen molar-refractivity contribution in [1.82, 2.24) is 20.9 Å². The Labute approximate surface area is 151 Å². The number of aromatic nitrogens is 1. The molecule has 8 nitrogen and oxygen atoms in total. The van der Waals surface area contributed by atoms with Gasteiger partial charge in [-0.2, -0.15) is 4.39 Å². The van der Waals surface area contributed by atoms with Crippen LogP contribution in [0.3, 0.4) is 0 Å². The number of nitrogens with one attached hydrogen (secondary N) is 3. The number of carbonyl (C=O) groups is 3. The van der Waals surface area contributed by atoms with E-state index in [0.717, 1.165) is 25.3 Å². The van der Waals surface area contributed by atoms with Crippen LogP contribution in [0.2, 0.25) is 0 Å². The van der Waals surface area contributed by atoms with Crippen molar-refractivity contribution in [2.75, 3.05) is 13.1 Å². The number of amides is 3. The summed E-state index contributed by atoms with van der Waals surface area (Å²) in [6.45, 7) is 2.70. The molecule has 144 valence electrons. The zero-order valence-corrected chi connectivity index (χ0v) is 14.8.